The first-order valence-electron chi connectivity index (χ1n) is 8.44. The number of piperidine rings is 1. The summed E-state index contributed by atoms with van der Waals surface area (Å²) in [5.41, 5.74) is 1.08. The van der Waals surface area contributed by atoms with E-state index in [1.807, 2.05) is 6.92 Å². The molecule has 2 aromatic rings. The number of likely N-dealkylation sites (tertiary alicyclic amines) is 1. The van der Waals surface area contributed by atoms with Gasteiger partial charge < -0.3 is 9.64 Å². The smallest absolute Gasteiger partial charge is 0.253 e. The van der Waals surface area contributed by atoms with Crippen molar-refractivity contribution in [3.05, 3.63) is 35.5 Å². The molecule has 1 fully saturated rings. The highest BCUT2D eigenvalue weighted by Gasteiger charge is 2.31. The third-order valence-electron chi connectivity index (χ3n) is 4.33. The van der Waals surface area contributed by atoms with E-state index in [4.69, 9.17) is 4.74 Å². The predicted octanol–water partition coefficient (Wildman–Crippen LogP) is 2.36. The molecule has 1 amide bonds. The van der Waals surface area contributed by atoms with Gasteiger partial charge in [-0.25, -0.2) is 8.42 Å². The Morgan fingerprint density at radius 1 is 1.35 bits per heavy atom. The van der Waals surface area contributed by atoms with Gasteiger partial charge in [0.15, 0.2) is 14.0 Å². The molecule has 0 saturated carbocycles. The van der Waals surface area contributed by atoms with Gasteiger partial charge in [0.2, 0.25) is 0 Å². The van der Waals surface area contributed by atoms with E-state index < -0.39 is 9.84 Å². The number of hydrogen-bond acceptors (Lipinski definition) is 7. The van der Waals surface area contributed by atoms with E-state index in [9.17, 15) is 13.2 Å². The number of hydrogen-bond donors (Lipinski definition) is 0. The summed E-state index contributed by atoms with van der Waals surface area (Å²) in [6, 6.07) is 7.07. The highest BCUT2D eigenvalue weighted by atomic mass is 32.2. The molecular formula is C17H21N3O4S2. The van der Waals surface area contributed by atoms with Crippen LogP contribution in [0.5, 0.6) is 5.75 Å². The third-order valence-corrected chi connectivity index (χ3v) is 6.88. The van der Waals surface area contributed by atoms with Crippen molar-refractivity contribution < 1.29 is 17.9 Å². The quantitative estimate of drug-likeness (QED) is 0.772. The monoisotopic (exact) mass is 395 g/mol. The number of nitrogens with zero attached hydrogens (tertiary/aromatic N) is 3. The highest BCUT2D eigenvalue weighted by molar-refractivity contribution is 7.92. The van der Waals surface area contributed by atoms with Crippen molar-refractivity contribution in [2.45, 2.75) is 29.9 Å². The number of carbonyl (C=O) groups excluding carboxylic acids is 1. The van der Waals surface area contributed by atoms with E-state index in [1.54, 1.807) is 29.2 Å². The summed E-state index contributed by atoms with van der Waals surface area (Å²) >= 11 is 0.896. The molecule has 1 atom stereocenters. The summed E-state index contributed by atoms with van der Waals surface area (Å²) in [6.45, 7) is 3.57. The molecule has 2 heterocycles. The Balaban J connectivity index is 1.76. The van der Waals surface area contributed by atoms with E-state index in [1.165, 1.54) is 0 Å². The molecule has 1 aromatic heterocycles. The second kappa shape index (κ2) is 7.71. The number of benzene rings is 1. The van der Waals surface area contributed by atoms with Crippen molar-refractivity contribution in [1.29, 1.82) is 0 Å². The Bertz CT molecular complexity index is 878. The van der Waals surface area contributed by atoms with E-state index in [2.05, 4.69) is 9.59 Å². The molecule has 0 unspecified atom stereocenters. The summed E-state index contributed by atoms with van der Waals surface area (Å²) < 4.78 is 33.3. The van der Waals surface area contributed by atoms with E-state index in [-0.39, 0.29) is 16.0 Å². The second-order valence-corrected chi connectivity index (χ2v) is 9.23. The Hall–Kier alpha value is -2.00. The molecule has 1 aromatic carbocycles. The fourth-order valence-corrected chi connectivity index (χ4v) is 4.86. The van der Waals surface area contributed by atoms with E-state index in [0.29, 0.717) is 31.0 Å². The minimum atomic E-state index is -3.36. The zero-order chi connectivity index (χ0) is 18.7. The van der Waals surface area contributed by atoms with Crippen molar-refractivity contribution >= 4 is 27.3 Å². The zero-order valence-electron chi connectivity index (χ0n) is 14.7. The molecule has 9 heteroatoms. The van der Waals surface area contributed by atoms with Crippen LogP contribution in [0.15, 0.2) is 28.5 Å². The summed E-state index contributed by atoms with van der Waals surface area (Å²) in [5.74, 6) is 0.549. The van der Waals surface area contributed by atoms with Gasteiger partial charge in [-0.05, 0) is 44.0 Å². The average molecular weight is 396 g/mol. The Kier molecular flexibility index (Phi) is 5.57. The maximum atomic E-state index is 12.8. The first-order valence-corrected chi connectivity index (χ1v) is 11.1. The molecule has 0 aliphatic carbocycles. The Morgan fingerprint density at radius 2 is 2.08 bits per heavy atom. The van der Waals surface area contributed by atoms with Crippen LogP contribution in [0.25, 0.3) is 0 Å². The Morgan fingerprint density at radius 3 is 2.73 bits per heavy atom. The van der Waals surface area contributed by atoms with Crippen molar-refractivity contribution in [3.63, 3.8) is 0 Å². The van der Waals surface area contributed by atoms with Crippen LogP contribution in [0.1, 0.15) is 41.7 Å². The largest absolute Gasteiger partial charge is 0.494 e. The zero-order valence-corrected chi connectivity index (χ0v) is 16.3. The molecule has 140 valence electrons. The highest BCUT2D eigenvalue weighted by Crippen LogP contribution is 2.32. The van der Waals surface area contributed by atoms with Crippen molar-refractivity contribution in [2.24, 2.45) is 0 Å². The van der Waals surface area contributed by atoms with Gasteiger partial charge in [-0.3, -0.25) is 4.79 Å². The summed E-state index contributed by atoms with van der Waals surface area (Å²) in [5, 5.41) is 4.04. The summed E-state index contributed by atoms with van der Waals surface area (Å²) in [6.07, 6.45) is 2.76. The molecule has 0 bridgehead atoms. The van der Waals surface area contributed by atoms with Crippen LogP contribution in [0, 0.1) is 0 Å². The summed E-state index contributed by atoms with van der Waals surface area (Å²) in [4.78, 5) is 14.6. The lowest BCUT2D eigenvalue weighted by atomic mass is 9.95. The number of carbonyl (C=O) groups is 1. The average Bonchev–Trinajstić information content (AvgIpc) is 3.12. The lowest BCUT2D eigenvalue weighted by Crippen LogP contribution is -2.39. The van der Waals surface area contributed by atoms with Crippen LogP contribution in [0.4, 0.5) is 0 Å². The number of rotatable bonds is 5. The molecule has 26 heavy (non-hydrogen) atoms. The maximum Gasteiger partial charge on any atom is 0.253 e. The molecule has 0 radical (unpaired) electrons. The molecule has 7 nitrogen and oxygen atoms in total. The molecule has 1 aliphatic heterocycles. The lowest BCUT2D eigenvalue weighted by Gasteiger charge is -2.32. The van der Waals surface area contributed by atoms with E-state index >= 15 is 0 Å². The molecular weight excluding hydrogens is 374 g/mol. The molecule has 3 rings (SSSR count). The number of aromatic nitrogens is 2. The van der Waals surface area contributed by atoms with Gasteiger partial charge in [-0.1, -0.05) is 4.49 Å². The van der Waals surface area contributed by atoms with Crippen LogP contribution < -0.4 is 4.74 Å². The van der Waals surface area contributed by atoms with Crippen LogP contribution in [-0.4, -0.2) is 54.8 Å². The predicted molar refractivity (Wildman–Crippen MR) is 98.5 cm³/mol. The van der Waals surface area contributed by atoms with Gasteiger partial charge in [0.05, 0.1) is 12.3 Å². The SMILES string of the molecule is CCOc1ccc(C(=O)N2CCC[C@@H](c3nnsc3S(C)(=O)=O)C2)cc1. The van der Waals surface area contributed by atoms with Gasteiger partial charge in [-0.15, -0.1) is 5.10 Å². The normalized spacial score (nSPS) is 17.9. The van der Waals surface area contributed by atoms with Crippen LogP contribution in [-0.2, 0) is 9.84 Å². The Labute approximate surface area is 157 Å². The third kappa shape index (κ3) is 4.04. The fraction of sp³-hybridized carbons (Fsp3) is 0.471. The van der Waals surface area contributed by atoms with E-state index in [0.717, 1.165) is 36.4 Å². The standard InChI is InChI=1S/C17H21N3O4S2/c1-3-24-14-8-6-12(7-9-14)16(21)20-10-4-5-13(11-20)15-17(25-19-18-15)26(2,22)23/h6-9,13H,3-5,10-11H2,1-2H3/t13-/m1/s1. The molecule has 0 spiro atoms. The van der Waals surface area contributed by atoms with Gasteiger partial charge in [0.1, 0.15) is 5.75 Å². The fourth-order valence-electron chi connectivity index (χ4n) is 3.12. The first-order chi connectivity index (χ1) is 12.4. The minimum Gasteiger partial charge on any atom is -0.494 e. The number of amides is 1. The van der Waals surface area contributed by atoms with Crippen LogP contribution >= 0.6 is 11.5 Å². The minimum absolute atomic E-state index is 0.0677. The van der Waals surface area contributed by atoms with Gasteiger partial charge in [0, 0.05) is 42.4 Å². The molecule has 1 saturated heterocycles. The van der Waals surface area contributed by atoms with Crippen LogP contribution in [0.3, 0.4) is 0 Å². The first kappa shape index (κ1) is 18.8. The lowest BCUT2D eigenvalue weighted by molar-refractivity contribution is 0.0705. The van der Waals surface area contributed by atoms with Gasteiger partial charge in [-0.2, -0.15) is 0 Å². The van der Waals surface area contributed by atoms with Gasteiger partial charge >= 0.3 is 0 Å². The number of ether oxygens (including phenoxy) is 1. The van der Waals surface area contributed by atoms with Crippen molar-refractivity contribution in [1.82, 2.24) is 14.5 Å². The summed E-state index contributed by atoms with van der Waals surface area (Å²) in [7, 11) is -3.36. The topological polar surface area (TPSA) is 89.5 Å². The number of sulfone groups is 1. The maximum absolute atomic E-state index is 12.8. The van der Waals surface area contributed by atoms with Crippen molar-refractivity contribution in [2.75, 3.05) is 26.0 Å². The van der Waals surface area contributed by atoms with Gasteiger partial charge in [0.25, 0.3) is 5.91 Å². The molecule has 1 aliphatic rings. The van der Waals surface area contributed by atoms with Crippen molar-refractivity contribution in [3.8, 4) is 5.75 Å². The molecule has 0 N–H and O–H groups in total. The second-order valence-electron chi connectivity index (χ2n) is 6.27. The van der Waals surface area contributed by atoms with Crippen LogP contribution in [0.2, 0.25) is 0 Å².